The summed E-state index contributed by atoms with van der Waals surface area (Å²) in [5.41, 5.74) is 0. The first-order valence-corrected chi connectivity index (χ1v) is 5.18. The molecule has 0 bridgehead atoms. The number of carboxylic acids is 1. The summed E-state index contributed by atoms with van der Waals surface area (Å²) in [6.07, 6.45) is 0.746. The normalized spacial score (nSPS) is 29.4. The SMILES string of the molecule is CC(C)NC1CN(C)CCC1C(=O)O. The van der Waals surface area contributed by atoms with E-state index in [1.54, 1.807) is 0 Å². The van der Waals surface area contributed by atoms with Crippen LogP contribution in [-0.4, -0.2) is 48.2 Å². The molecule has 1 heterocycles. The van der Waals surface area contributed by atoms with Gasteiger partial charge in [-0.05, 0) is 20.0 Å². The number of carboxylic acid groups (broad SMARTS) is 1. The molecule has 82 valence electrons. The predicted octanol–water partition coefficient (Wildman–Crippen LogP) is 0.389. The molecule has 0 spiro atoms. The number of hydrogen-bond donors (Lipinski definition) is 2. The first-order chi connectivity index (χ1) is 6.50. The Hall–Kier alpha value is -0.610. The zero-order chi connectivity index (χ0) is 10.7. The highest BCUT2D eigenvalue weighted by atomic mass is 16.4. The van der Waals surface area contributed by atoms with Crippen molar-refractivity contribution in [1.29, 1.82) is 0 Å². The Balaban J connectivity index is 2.59. The minimum absolute atomic E-state index is 0.0891. The zero-order valence-corrected chi connectivity index (χ0v) is 9.16. The maximum absolute atomic E-state index is 11.0. The van der Waals surface area contributed by atoms with Crippen molar-refractivity contribution in [2.45, 2.75) is 32.4 Å². The van der Waals surface area contributed by atoms with Crippen molar-refractivity contribution in [3.05, 3.63) is 0 Å². The van der Waals surface area contributed by atoms with E-state index in [0.717, 1.165) is 19.5 Å². The summed E-state index contributed by atoms with van der Waals surface area (Å²) in [5, 5.41) is 12.4. The van der Waals surface area contributed by atoms with Gasteiger partial charge in [-0.2, -0.15) is 0 Å². The van der Waals surface area contributed by atoms with Gasteiger partial charge >= 0.3 is 5.97 Å². The van der Waals surface area contributed by atoms with Gasteiger partial charge < -0.3 is 15.3 Å². The highest BCUT2D eigenvalue weighted by Crippen LogP contribution is 2.17. The van der Waals surface area contributed by atoms with Crippen molar-refractivity contribution in [2.75, 3.05) is 20.1 Å². The van der Waals surface area contributed by atoms with Crippen LogP contribution in [0.1, 0.15) is 20.3 Å². The predicted molar refractivity (Wildman–Crippen MR) is 55.3 cm³/mol. The Morgan fingerprint density at radius 2 is 2.21 bits per heavy atom. The molecule has 0 amide bonds. The number of likely N-dealkylation sites (tertiary alicyclic amines) is 1. The number of carbonyl (C=O) groups is 1. The number of aliphatic carboxylic acids is 1. The fourth-order valence-corrected chi connectivity index (χ4v) is 2.01. The number of likely N-dealkylation sites (N-methyl/N-ethyl adjacent to an activating group) is 1. The smallest absolute Gasteiger partial charge is 0.308 e. The summed E-state index contributed by atoms with van der Waals surface area (Å²) in [6, 6.07) is 0.430. The molecular weight excluding hydrogens is 180 g/mol. The second-order valence-corrected chi connectivity index (χ2v) is 4.42. The molecule has 2 atom stereocenters. The molecule has 1 aliphatic heterocycles. The van der Waals surface area contributed by atoms with Crippen LogP contribution in [-0.2, 0) is 4.79 Å². The maximum Gasteiger partial charge on any atom is 0.308 e. The molecule has 0 radical (unpaired) electrons. The van der Waals surface area contributed by atoms with Crippen LogP contribution in [0.4, 0.5) is 0 Å². The highest BCUT2D eigenvalue weighted by molar-refractivity contribution is 5.71. The molecule has 4 heteroatoms. The van der Waals surface area contributed by atoms with Gasteiger partial charge in [-0.15, -0.1) is 0 Å². The molecular formula is C10H20N2O2. The zero-order valence-electron chi connectivity index (χ0n) is 9.16. The lowest BCUT2D eigenvalue weighted by Gasteiger charge is -2.36. The standard InChI is InChI=1S/C10H20N2O2/c1-7(2)11-9-6-12(3)5-4-8(9)10(13)14/h7-9,11H,4-6H2,1-3H3,(H,13,14). The molecule has 0 aromatic heterocycles. The average molecular weight is 200 g/mol. The van der Waals surface area contributed by atoms with E-state index < -0.39 is 5.97 Å². The van der Waals surface area contributed by atoms with E-state index in [0.29, 0.717) is 6.04 Å². The lowest BCUT2D eigenvalue weighted by atomic mass is 9.91. The summed E-state index contributed by atoms with van der Waals surface area (Å²) in [5.74, 6) is -0.898. The molecule has 14 heavy (non-hydrogen) atoms. The van der Waals surface area contributed by atoms with E-state index in [4.69, 9.17) is 5.11 Å². The molecule has 1 saturated heterocycles. The lowest BCUT2D eigenvalue weighted by Crippen LogP contribution is -2.53. The van der Waals surface area contributed by atoms with E-state index in [9.17, 15) is 4.79 Å². The fourth-order valence-electron chi connectivity index (χ4n) is 2.01. The average Bonchev–Trinajstić information content (AvgIpc) is 2.01. The quantitative estimate of drug-likeness (QED) is 0.692. The van der Waals surface area contributed by atoms with E-state index in [1.807, 2.05) is 20.9 Å². The third-order valence-electron chi connectivity index (χ3n) is 2.68. The van der Waals surface area contributed by atoms with Crippen molar-refractivity contribution in [3.63, 3.8) is 0 Å². The maximum atomic E-state index is 11.0. The first kappa shape index (κ1) is 11.5. The Labute approximate surface area is 85.3 Å². The molecule has 4 nitrogen and oxygen atoms in total. The van der Waals surface area contributed by atoms with Crippen LogP contribution < -0.4 is 5.32 Å². The molecule has 0 aromatic rings. The minimum Gasteiger partial charge on any atom is -0.481 e. The minimum atomic E-state index is -0.670. The van der Waals surface area contributed by atoms with Crippen LogP contribution in [0, 0.1) is 5.92 Å². The van der Waals surface area contributed by atoms with Crippen LogP contribution >= 0.6 is 0 Å². The van der Waals surface area contributed by atoms with E-state index in [1.165, 1.54) is 0 Å². The summed E-state index contributed by atoms with van der Waals surface area (Å²) in [6.45, 7) is 5.81. The summed E-state index contributed by atoms with van der Waals surface area (Å²) in [7, 11) is 2.03. The van der Waals surface area contributed by atoms with Crippen LogP contribution in [0.25, 0.3) is 0 Å². The number of rotatable bonds is 3. The molecule has 2 unspecified atom stereocenters. The largest absolute Gasteiger partial charge is 0.481 e. The van der Waals surface area contributed by atoms with Gasteiger partial charge in [0.2, 0.25) is 0 Å². The fraction of sp³-hybridized carbons (Fsp3) is 0.900. The van der Waals surface area contributed by atoms with Gasteiger partial charge in [0.05, 0.1) is 5.92 Å². The number of piperidine rings is 1. The molecule has 1 rings (SSSR count). The third-order valence-corrected chi connectivity index (χ3v) is 2.68. The Morgan fingerprint density at radius 1 is 1.57 bits per heavy atom. The van der Waals surface area contributed by atoms with Crippen LogP contribution in [0.15, 0.2) is 0 Å². The molecule has 0 aliphatic carbocycles. The second kappa shape index (κ2) is 4.75. The van der Waals surface area contributed by atoms with E-state index >= 15 is 0 Å². The second-order valence-electron chi connectivity index (χ2n) is 4.42. The summed E-state index contributed by atoms with van der Waals surface area (Å²) < 4.78 is 0. The van der Waals surface area contributed by atoms with E-state index in [-0.39, 0.29) is 12.0 Å². The van der Waals surface area contributed by atoms with Crippen LogP contribution in [0.3, 0.4) is 0 Å². The lowest BCUT2D eigenvalue weighted by molar-refractivity contribution is -0.144. The molecule has 0 aromatic carbocycles. The van der Waals surface area contributed by atoms with Crippen molar-refractivity contribution < 1.29 is 9.90 Å². The van der Waals surface area contributed by atoms with Crippen molar-refractivity contribution in [3.8, 4) is 0 Å². The summed E-state index contributed by atoms with van der Waals surface area (Å²) >= 11 is 0. The van der Waals surface area contributed by atoms with Gasteiger partial charge in [-0.25, -0.2) is 0 Å². The molecule has 1 fully saturated rings. The molecule has 1 aliphatic rings. The number of nitrogens with zero attached hydrogens (tertiary/aromatic N) is 1. The van der Waals surface area contributed by atoms with Gasteiger partial charge in [0.25, 0.3) is 0 Å². The van der Waals surface area contributed by atoms with Crippen LogP contribution in [0.2, 0.25) is 0 Å². The third kappa shape index (κ3) is 2.96. The summed E-state index contributed by atoms with van der Waals surface area (Å²) in [4.78, 5) is 13.2. The Morgan fingerprint density at radius 3 is 2.71 bits per heavy atom. The molecule has 0 saturated carbocycles. The van der Waals surface area contributed by atoms with Gasteiger partial charge in [0.15, 0.2) is 0 Å². The van der Waals surface area contributed by atoms with Gasteiger partial charge in [-0.3, -0.25) is 4.79 Å². The van der Waals surface area contributed by atoms with Crippen molar-refractivity contribution >= 4 is 5.97 Å². The number of hydrogen-bond acceptors (Lipinski definition) is 3. The van der Waals surface area contributed by atoms with Crippen molar-refractivity contribution in [2.24, 2.45) is 5.92 Å². The van der Waals surface area contributed by atoms with Crippen LogP contribution in [0.5, 0.6) is 0 Å². The topological polar surface area (TPSA) is 52.6 Å². The van der Waals surface area contributed by atoms with Crippen molar-refractivity contribution in [1.82, 2.24) is 10.2 Å². The number of nitrogens with one attached hydrogen (secondary N) is 1. The van der Waals surface area contributed by atoms with E-state index in [2.05, 4.69) is 10.2 Å². The highest BCUT2D eigenvalue weighted by Gasteiger charge is 2.32. The molecule has 2 N–H and O–H groups in total. The monoisotopic (exact) mass is 200 g/mol. The first-order valence-electron chi connectivity index (χ1n) is 5.18. The van der Waals surface area contributed by atoms with Gasteiger partial charge in [0, 0.05) is 18.6 Å². The van der Waals surface area contributed by atoms with Gasteiger partial charge in [0.1, 0.15) is 0 Å². The Kier molecular flexibility index (Phi) is 3.89. The van der Waals surface area contributed by atoms with Gasteiger partial charge in [-0.1, -0.05) is 13.8 Å². The Bertz CT molecular complexity index is 204.